The molecular formula is C29H37N3O3S. The summed E-state index contributed by atoms with van der Waals surface area (Å²) in [6, 6.07) is 18.5. The first kappa shape index (κ1) is 26.3. The number of aryl methyl sites for hydroxylation is 1. The van der Waals surface area contributed by atoms with Crippen LogP contribution in [0.4, 0.5) is 0 Å². The third kappa shape index (κ3) is 7.87. The molecule has 1 aliphatic heterocycles. The molecular weight excluding hydrogens is 470 g/mol. The van der Waals surface area contributed by atoms with Crippen LogP contribution >= 0.6 is 11.8 Å². The lowest BCUT2D eigenvalue weighted by Crippen LogP contribution is -2.36. The highest BCUT2D eigenvalue weighted by Gasteiger charge is 2.19. The maximum atomic E-state index is 12.3. The zero-order valence-corrected chi connectivity index (χ0v) is 22.2. The van der Waals surface area contributed by atoms with Gasteiger partial charge >= 0.3 is 0 Å². The molecule has 7 heteroatoms. The number of carbonyl (C=O) groups is 1. The number of aromatic nitrogens is 1. The number of nitrogens with one attached hydrogen (secondary N) is 1. The van der Waals surface area contributed by atoms with Gasteiger partial charge in [0.05, 0.1) is 18.6 Å². The average Bonchev–Trinajstić information content (AvgIpc) is 3.28. The molecule has 1 fully saturated rings. The zero-order valence-electron chi connectivity index (χ0n) is 21.4. The van der Waals surface area contributed by atoms with Crippen LogP contribution in [0.1, 0.15) is 36.3 Å². The summed E-state index contributed by atoms with van der Waals surface area (Å²) >= 11 is 1.57. The van der Waals surface area contributed by atoms with Crippen LogP contribution < -0.4 is 10.1 Å². The van der Waals surface area contributed by atoms with Crippen molar-refractivity contribution in [3.05, 3.63) is 71.6 Å². The van der Waals surface area contributed by atoms with E-state index < -0.39 is 0 Å². The lowest BCUT2D eigenvalue weighted by atomic mass is 9.90. The Labute approximate surface area is 218 Å². The van der Waals surface area contributed by atoms with Crippen LogP contribution in [0.3, 0.4) is 0 Å². The van der Waals surface area contributed by atoms with E-state index in [2.05, 4.69) is 45.5 Å². The van der Waals surface area contributed by atoms with Crippen LogP contribution in [-0.4, -0.2) is 54.8 Å². The minimum Gasteiger partial charge on any atom is -0.497 e. The van der Waals surface area contributed by atoms with Gasteiger partial charge in [0, 0.05) is 17.9 Å². The number of piperidine rings is 1. The van der Waals surface area contributed by atoms with E-state index in [1.807, 2.05) is 31.2 Å². The second-order valence-electron chi connectivity index (χ2n) is 9.42. The standard InChI is InChI=1S/C29H37N3O3S/c1-22-27(31-29(35-22)25-9-11-26(34-2)12-10-25)20-36-21-28(33)30-15-6-16-32-17-13-24(14-18-32)19-23-7-4-3-5-8-23/h3-5,7-12,24H,6,13-21H2,1-2H3,(H,30,33). The number of amides is 1. The van der Waals surface area contributed by atoms with Gasteiger partial charge in [-0.2, -0.15) is 0 Å². The Morgan fingerprint density at radius 2 is 1.89 bits per heavy atom. The molecule has 1 saturated heterocycles. The Hall–Kier alpha value is -2.77. The van der Waals surface area contributed by atoms with Crippen LogP contribution in [0.2, 0.25) is 0 Å². The van der Waals surface area contributed by atoms with Crippen molar-refractivity contribution in [2.45, 2.75) is 38.4 Å². The number of benzene rings is 2. The maximum absolute atomic E-state index is 12.3. The van der Waals surface area contributed by atoms with Gasteiger partial charge in [0.15, 0.2) is 0 Å². The first-order valence-corrected chi connectivity index (χ1v) is 14.0. The number of methoxy groups -OCH3 is 1. The van der Waals surface area contributed by atoms with E-state index in [1.54, 1.807) is 18.9 Å². The Morgan fingerprint density at radius 1 is 1.14 bits per heavy atom. The number of hydrogen-bond donors (Lipinski definition) is 1. The Kier molecular flexibility index (Phi) is 9.87. The summed E-state index contributed by atoms with van der Waals surface area (Å²) in [5.74, 6) is 4.14. The van der Waals surface area contributed by atoms with Gasteiger partial charge in [0.2, 0.25) is 11.8 Å². The van der Waals surface area contributed by atoms with Crippen molar-refractivity contribution < 1.29 is 13.9 Å². The molecule has 3 aromatic rings. The van der Waals surface area contributed by atoms with Crippen LogP contribution in [0, 0.1) is 12.8 Å². The van der Waals surface area contributed by atoms with Gasteiger partial charge in [-0.25, -0.2) is 4.98 Å². The van der Waals surface area contributed by atoms with Gasteiger partial charge in [-0.15, -0.1) is 11.8 Å². The molecule has 0 radical (unpaired) electrons. The molecule has 1 aliphatic rings. The van der Waals surface area contributed by atoms with Gasteiger partial charge in [-0.1, -0.05) is 30.3 Å². The summed E-state index contributed by atoms with van der Waals surface area (Å²) in [6.45, 7) is 6.03. The van der Waals surface area contributed by atoms with E-state index >= 15 is 0 Å². The number of thioether (sulfide) groups is 1. The minimum atomic E-state index is 0.0816. The Bertz CT molecular complexity index is 1080. The number of likely N-dealkylation sites (tertiary alicyclic amines) is 1. The molecule has 1 aromatic heterocycles. The zero-order chi connectivity index (χ0) is 25.2. The van der Waals surface area contributed by atoms with Gasteiger partial charge in [-0.3, -0.25) is 4.79 Å². The van der Waals surface area contributed by atoms with Gasteiger partial charge in [-0.05, 0) is 88.0 Å². The summed E-state index contributed by atoms with van der Waals surface area (Å²) in [4.78, 5) is 19.4. The molecule has 4 rings (SSSR count). The Balaban J connectivity index is 1.08. The highest BCUT2D eigenvalue weighted by atomic mass is 32.2. The molecule has 36 heavy (non-hydrogen) atoms. The Morgan fingerprint density at radius 3 is 2.61 bits per heavy atom. The van der Waals surface area contributed by atoms with Crippen LogP contribution in [0.25, 0.3) is 11.5 Å². The van der Waals surface area contributed by atoms with E-state index in [0.29, 0.717) is 17.4 Å². The van der Waals surface area contributed by atoms with Gasteiger partial charge in [0.25, 0.3) is 0 Å². The lowest BCUT2D eigenvalue weighted by Gasteiger charge is -2.32. The second kappa shape index (κ2) is 13.5. The SMILES string of the molecule is COc1ccc(-c2nc(CSCC(=O)NCCCN3CCC(Cc4ccccc4)CC3)c(C)o2)cc1. The molecule has 0 unspecified atom stereocenters. The van der Waals surface area contributed by atoms with Gasteiger partial charge < -0.3 is 19.4 Å². The molecule has 0 aliphatic carbocycles. The molecule has 6 nitrogen and oxygen atoms in total. The minimum absolute atomic E-state index is 0.0816. The predicted molar refractivity (Wildman–Crippen MR) is 146 cm³/mol. The maximum Gasteiger partial charge on any atom is 0.230 e. The number of ether oxygens (including phenoxy) is 1. The average molecular weight is 508 g/mol. The molecule has 2 heterocycles. The summed E-state index contributed by atoms with van der Waals surface area (Å²) in [5, 5.41) is 3.06. The third-order valence-electron chi connectivity index (χ3n) is 6.75. The number of nitrogens with zero attached hydrogens (tertiary/aromatic N) is 2. The fourth-order valence-corrected chi connectivity index (χ4v) is 5.45. The topological polar surface area (TPSA) is 67.6 Å². The second-order valence-corrected chi connectivity index (χ2v) is 10.4. The molecule has 0 bridgehead atoms. The summed E-state index contributed by atoms with van der Waals surface area (Å²) in [7, 11) is 1.65. The largest absolute Gasteiger partial charge is 0.497 e. The fourth-order valence-electron chi connectivity index (χ4n) is 4.60. The monoisotopic (exact) mass is 507 g/mol. The van der Waals surface area contributed by atoms with E-state index in [1.165, 1.54) is 24.8 Å². The van der Waals surface area contributed by atoms with Crippen molar-refractivity contribution >= 4 is 17.7 Å². The third-order valence-corrected chi connectivity index (χ3v) is 7.69. The highest BCUT2D eigenvalue weighted by molar-refractivity contribution is 7.99. The molecule has 0 atom stereocenters. The first-order chi connectivity index (χ1) is 17.6. The molecule has 2 aromatic carbocycles. The van der Waals surface area contributed by atoms with Crippen LogP contribution in [0.5, 0.6) is 5.75 Å². The van der Waals surface area contributed by atoms with Crippen molar-refractivity contribution in [3.8, 4) is 17.2 Å². The van der Waals surface area contributed by atoms with E-state index in [0.717, 1.165) is 61.3 Å². The van der Waals surface area contributed by atoms with E-state index in [-0.39, 0.29) is 5.91 Å². The highest BCUT2D eigenvalue weighted by Crippen LogP contribution is 2.26. The van der Waals surface area contributed by atoms with Crippen molar-refractivity contribution in [2.75, 3.05) is 39.0 Å². The summed E-state index contributed by atoms with van der Waals surface area (Å²) in [6.07, 6.45) is 4.71. The molecule has 1 N–H and O–H groups in total. The van der Waals surface area contributed by atoms with Gasteiger partial charge in [0.1, 0.15) is 11.5 Å². The number of rotatable bonds is 12. The number of carbonyl (C=O) groups excluding carboxylic acids is 1. The molecule has 1 amide bonds. The predicted octanol–water partition coefficient (Wildman–Crippen LogP) is 5.35. The molecule has 0 saturated carbocycles. The molecule has 192 valence electrons. The van der Waals surface area contributed by atoms with Crippen molar-refractivity contribution in [2.24, 2.45) is 5.92 Å². The fraction of sp³-hybridized carbons (Fsp3) is 0.448. The summed E-state index contributed by atoms with van der Waals surface area (Å²) < 4.78 is 11.0. The normalized spacial score (nSPS) is 14.6. The summed E-state index contributed by atoms with van der Waals surface area (Å²) in [5.41, 5.74) is 3.25. The van der Waals surface area contributed by atoms with E-state index in [4.69, 9.17) is 9.15 Å². The number of oxazole rings is 1. The van der Waals surface area contributed by atoms with Crippen LogP contribution in [-0.2, 0) is 17.0 Å². The van der Waals surface area contributed by atoms with Crippen molar-refractivity contribution in [1.29, 1.82) is 0 Å². The smallest absolute Gasteiger partial charge is 0.230 e. The van der Waals surface area contributed by atoms with Crippen molar-refractivity contribution in [1.82, 2.24) is 15.2 Å². The van der Waals surface area contributed by atoms with E-state index in [9.17, 15) is 4.79 Å². The molecule has 0 spiro atoms. The quantitative estimate of drug-likeness (QED) is 0.333. The lowest BCUT2D eigenvalue weighted by molar-refractivity contribution is -0.118. The van der Waals surface area contributed by atoms with Crippen LogP contribution in [0.15, 0.2) is 59.0 Å². The number of hydrogen-bond acceptors (Lipinski definition) is 6. The van der Waals surface area contributed by atoms with Crippen molar-refractivity contribution in [3.63, 3.8) is 0 Å². The first-order valence-electron chi connectivity index (χ1n) is 12.8.